The third kappa shape index (κ3) is 3.49. The van der Waals surface area contributed by atoms with Crippen molar-refractivity contribution in [2.45, 2.75) is 49.3 Å². The first kappa shape index (κ1) is 17.2. The van der Waals surface area contributed by atoms with E-state index in [1.165, 1.54) is 43.2 Å². The van der Waals surface area contributed by atoms with Crippen LogP contribution in [0.2, 0.25) is 0 Å². The van der Waals surface area contributed by atoms with Gasteiger partial charge in [-0.3, -0.25) is 4.79 Å². The minimum Gasteiger partial charge on any atom is -0.411 e. The van der Waals surface area contributed by atoms with Crippen LogP contribution in [0.1, 0.15) is 38.5 Å². The number of carbonyl (C=O) groups excluding carboxylic acids is 1. The van der Waals surface area contributed by atoms with Crippen molar-refractivity contribution in [3.8, 4) is 11.5 Å². The Hall–Kier alpha value is -1.89. The van der Waals surface area contributed by atoms with Crippen molar-refractivity contribution < 1.29 is 13.6 Å². The lowest BCUT2D eigenvalue weighted by Crippen LogP contribution is -2.60. The molecule has 6 rings (SSSR count). The number of halogens is 1. The number of rotatable bonds is 5. The van der Waals surface area contributed by atoms with Crippen LogP contribution in [0, 0.1) is 23.6 Å². The topological polar surface area (TPSA) is 68.0 Å². The van der Waals surface area contributed by atoms with Crippen molar-refractivity contribution in [1.29, 1.82) is 0 Å². The fourth-order valence-electron chi connectivity index (χ4n) is 5.70. The summed E-state index contributed by atoms with van der Waals surface area (Å²) in [5.41, 5.74) is 0.689. The highest BCUT2D eigenvalue weighted by atomic mass is 32.2. The average molecular weight is 387 g/mol. The summed E-state index contributed by atoms with van der Waals surface area (Å²) in [6.45, 7) is 0. The second kappa shape index (κ2) is 6.62. The zero-order valence-electron chi connectivity index (χ0n) is 15.0. The number of hydrogen-bond acceptors (Lipinski definition) is 5. The van der Waals surface area contributed by atoms with Gasteiger partial charge in [0, 0.05) is 11.1 Å². The molecule has 1 aromatic heterocycles. The third-order valence-electron chi connectivity index (χ3n) is 6.27. The minimum atomic E-state index is -0.311. The summed E-state index contributed by atoms with van der Waals surface area (Å²) >= 11 is 1.25. The van der Waals surface area contributed by atoms with E-state index < -0.39 is 0 Å². The number of amides is 1. The summed E-state index contributed by atoms with van der Waals surface area (Å²) in [5, 5.41) is 11.7. The Morgan fingerprint density at radius 1 is 1.11 bits per heavy atom. The van der Waals surface area contributed by atoms with E-state index in [1.54, 1.807) is 12.1 Å². The molecular formula is C20H22FN3O2S. The predicted octanol–water partition coefficient (Wildman–Crippen LogP) is 4.05. The van der Waals surface area contributed by atoms with E-state index in [0.717, 1.165) is 37.0 Å². The van der Waals surface area contributed by atoms with Gasteiger partial charge in [-0.2, -0.15) is 0 Å². The lowest BCUT2D eigenvalue weighted by molar-refractivity contribution is -0.124. The van der Waals surface area contributed by atoms with Crippen LogP contribution in [0.5, 0.6) is 0 Å². The van der Waals surface area contributed by atoms with E-state index in [4.69, 9.17) is 4.42 Å². The number of benzene rings is 1. The molecule has 1 aromatic carbocycles. The van der Waals surface area contributed by atoms with Gasteiger partial charge in [0.2, 0.25) is 11.8 Å². The summed E-state index contributed by atoms with van der Waals surface area (Å²) in [6, 6.07) is 5.89. The van der Waals surface area contributed by atoms with Gasteiger partial charge in [-0.25, -0.2) is 4.39 Å². The van der Waals surface area contributed by atoms with Crippen molar-refractivity contribution in [2.24, 2.45) is 17.8 Å². The SMILES string of the molecule is O=C(CSc1nnc(-c2ccc(F)cc2)o1)NC12CC3CC(CC(C3)C1)C2. The minimum absolute atomic E-state index is 0.0283. The van der Waals surface area contributed by atoms with E-state index in [0.29, 0.717) is 16.7 Å². The normalized spacial score (nSPS) is 31.2. The highest BCUT2D eigenvalue weighted by molar-refractivity contribution is 7.99. The number of nitrogens with zero attached hydrogens (tertiary/aromatic N) is 2. The Kier molecular flexibility index (Phi) is 4.22. The summed E-state index contributed by atoms with van der Waals surface area (Å²) in [6.07, 6.45) is 7.51. The van der Waals surface area contributed by atoms with Crippen molar-refractivity contribution in [2.75, 3.05) is 5.75 Å². The Balaban J connectivity index is 1.19. The van der Waals surface area contributed by atoms with Gasteiger partial charge in [-0.15, -0.1) is 10.2 Å². The summed E-state index contributed by atoms with van der Waals surface area (Å²) in [4.78, 5) is 12.6. The molecule has 0 aliphatic heterocycles. The lowest BCUT2D eigenvalue weighted by Gasteiger charge is -2.56. The molecule has 0 spiro atoms. The fraction of sp³-hybridized carbons (Fsp3) is 0.550. The van der Waals surface area contributed by atoms with E-state index in [1.807, 2.05) is 0 Å². The molecule has 1 amide bonds. The zero-order chi connectivity index (χ0) is 18.4. The number of hydrogen-bond donors (Lipinski definition) is 1. The maximum absolute atomic E-state index is 13.0. The van der Waals surface area contributed by atoms with Crippen LogP contribution < -0.4 is 5.32 Å². The molecule has 4 aliphatic carbocycles. The van der Waals surface area contributed by atoms with Crippen molar-refractivity contribution >= 4 is 17.7 Å². The molecule has 0 atom stereocenters. The second-order valence-electron chi connectivity index (χ2n) is 8.41. The summed E-state index contributed by atoms with van der Waals surface area (Å²) in [5.74, 6) is 2.75. The molecule has 0 radical (unpaired) electrons. The maximum Gasteiger partial charge on any atom is 0.277 e. The van der Waals surface area contributed by atoms with Crippen molar-refractivity contribution in [3.63, 3.8) is 0 Å². The van der Waals surface area contributed by atoms with Crippen LogP contribution >= 0.6 is 11.8 Å². The summed E-state index contributed by atoms with van der Waals surface area (Å²) in [7, 11) is 0. The average Bonchev–Trinajstić information content (AvgIpc) is 3.08. The van der Waals surface area contributed by atoms with E-state index in [-0.39, 0.29) is 23.0 Å². The van der Waals surface area contributed by atoms with Crippen LogP contribution in [-0.4, -0.2) is 27.4 Å². The largest absolute Gasteiger partial charge is 0.411 e. The number of carbonyl (C=O) groups is 1. The molecule has 1 N–H and O–H groups in total. The highest BCUT2D eigenvalue weighted by Crippen LogP contribution is 2.55. The molecule has 142 valence electrons. The predicted molar refractivity (Wildman–Crippen MR) is 99.5 cm³/mol. The quantitative estimate of drug-likeness (QED) is 0.784. The van der Waals surface area contributed by atoms with Crippen LogP contribution in [0.4, 0.5) is 4.39 Å². The van der Waals surface area contributed by atoms with Crippen LogP contribution in [0.15, 0.2) is 33.9 Å². The lowest BCUT2D eigenvalue weighted by atomic mass is 9.53. The molecule has 0 saturated heterocycles. The van der Waals surface area contributed by atoms with Crippen LogP contribution in [-0.2, 0) is 4.79 Å². The molecule has 4 fully saturated rings. The Morgan fingerprint density at radius 3 is 2.37 bits per heavy atom. The molecule has 4 aliphatic rings. The fourth-order valence-corrected chi connectivity index (χ4v) is 6.26. The maximum atomic E-state index is 13.0. The summed E-state index contributed by atoms with van der Waals surface area (Å²) < 4.78 is 18.6. The van der Waals surface area contributed by atoms with E-state index in [9.17, 15) is 9.18 Å². The van der Waals surface area contributed by atoms with Crippen LogP contribution in [0.3, 0.4) is 0 Å². The van der Waals surface area contributed by atoms with E-state index in [2.05, 4.69) is 15.5 Å². The van der Waals surface area contributed by atoms with Gasteiger partial charge in [-0.1, -0.05) is 11.8 Å². The van der Waals surface area contributed by atoms with Gasteiger partial charge in [0.05, 0.1) is 5.75 Å². The molecule has 1 heterocycles. The Labute approximate surface area is 161 Å². The molecule has 7 heteroatoms. The smallest absolute Gasteiger partial charge is 0.277 e. The van der Waals surface area contributed by atoms with Gasteiger partial charge in [-0.05, 0) is 80.5 Å². The van der Waals surface area contributed by atoms with Crippen LogP contribution in [0.25, 0.3) is 11.5 Å². The van der Waals surface area contributed by atoms with Gasteiger partial charge >= 0.3 is 0 Å². The number of nitrogens with one attached hydrogen (secondary N) is 1. The molecule has 0 unspecified atom stereocenters. The molecular weight excluding hydrogens is 365 g/mol. The van der Waals surface area contributed by atoms with Crippen molar-refractivity contribution in [3.05, 3.63) is 30.1 Å². The first-order valence-corrected chi connectivity index (χ1v) is 10.6. The Morgan fingerprint density at radius 2 is 1.74 bits per heavy atom. The monoisotopic (exact) mass is 387 g/mol. The number of thioether (sulfide) groups is 1. The first-order chi connectivity index (χ1) is 13.1. The van der Waals surface area contributed by atoms with Gasteiger partial charge in [0.15, 0.2) is 0 Å². The van der Waals surface area contributed by atoms with Gasteiger partial charge < -0.3 is 9.73 Å². The highest BCUT2D eigenvalue weighted by Gasteiger charge is 2.51. The first-order valence-electron chi connectivity index (χ1n) is 9.60. The molecule has 27 heavy (non-hydrogen) atoms. The zero-order valence-corrected chi connectivity index (χ0v) is 15.8. The molecule has 4 bridgehead atoms. The van der Waals surface area contributed by atoms with Crippen molar-refractivity contribution in [1.82, 2.24) is 15.5 Å². The van der Waals surface area contributed by atoms with E-state index >= 15 is 0 Å². The molecule has 2 aromatic rings. The standard InChI is InChI=1S/C20H22FN3O2S/c21-16-3-1-15(2-4-16)18-23-24-19(26-18)27-11-17(25)22-20-8-12-5-13(9-20)7-14(6-12)10-20/h1-4,12-14H,5-11H2,(H,22,25). The Bertz CT molecular complexity index is 816. The van der Waals surface area contributed by atoms with Gasteiger partial charge in [0.1, 0.15) is 5.82 Å². The molecule has 5 nitrogen and oxygen atoms in total. The second-order valence-corrected chi connectivity index (χ2v) is 9.34. The van der Waals surface area contributed by atoms with Gasteiger partial charge in [0.25, 0.3) is 5.22 Å². The molecule has 4 saturated carbocycles. The third-order valence-corrected chi connectivity index (χ3v) is 7.09. The number of aromatic nitrogens is 2.